The lowest BCUT2D eigenvalue weighted by molar-refractivity contribution is -0.118. The Morgan fingerprint density at radius 2 is 2.09 bits per heavy atom. The van der Waals surface area contributed by atoms with Gasteiger partial charge in [0.1, 0.15) is 18.2 Å². The van der Waals surface area contributed by atoms with E-state index < -0.39 is 9.84 Å². The van der Waals surface area contributed by atoms with Gasteiger partial charge in [-0.05, 0) is 30.7 Å². The summed E-state index contributed by atoms with van der Waals surface area (Å²) in [7, 11) is -2.90. The predicted molar refractivity (Wildman–Crippen MR) is 84.4 cm³/mol. The van der Waals surface area contributed by atoms with Crippen LogP contribution >= 0.6 is 11.8 Å². The van der Waals surface area contributed by atoms with Crippen molar-refractivity contribution in [3.8, 4) is 5.75 Å². The van der Waals surface area contributed by atoms with E-state index >= 15 is 0 Å². The van der Waals surface area contributed by atoms with Gasteiger partial charge >= 0.3 is 0 Å². The average molecular weight is 347 g/mol. The second-order valence-corrected chi connectivity index (χ2v) is 8.51. The van der Waals surface area contributed by atoms with E-state index in [9.17, 15) is 17.6 Å². The van der Waals surface area contributed by atoms with Crippen LogP contribution in [-0.4, -0.2) is 50.0 Å². The molecule has 1 amide bonds. The number of thioether (sulfide) groups is 1. The maximum absolute atomic E-state index is 12.7. The molecular formula is C14H18FNO4S2. The Bertz CT molecular complexity index is 604. The fourth-order valence-electron chi connectivity index (χ4n) is 2.03. The van der Waals surface area contributed by atoms with Gasteiger partial charge in [0, 0.05) is 5.25 Å². The van der Waals surface area contributed by atoms with Crippen LogP contribution in [0.4, 0.5) is 4.39 Å². The number of benzene rings is 1. The fourth-order valence-corrected chi connectivity index (χ4v) is 5.50. The van der Waals surface area contributed by atoms with Crippen LogP contribution in [0.15, 0.2) is 24.3 Å². The summed E-state index contributed by atoms with van der Waals surface area (Å²) >= 11 is 1.38. The van der Waals surface area contributed by atoms with Crippen molar-refractivity contribution in [1.82, 2.24) is 5.32 Å². The van der Waals surface area contributed by atoms with E-state index in [1.54, 1.807) is 0 Å². The molecule has 0 spiro atoms. The number of hydrogen-bond acceptors (Lipinski definition) is 5. The standard InChI is InChI=1S/C14H18FNO4S2/c15-11-1-3-12(4-2-11)20-7-6-16-14(17)9-21-13-5-8-22(18,19)10-13/h1-4,13H,5-10H2,(H,16,17)/t13-/m1/s1. The summed E-state index contributed by atoms with van der Waals surface area (Å²) < 4.78 is 40.6. The van der Waals surface area contributed by atoms with Gasteiger partial charge in [0.2, 0.25) is 5.91 Å². The van der Waals surface area contributed by atoms with Crippen molar-refractivity contribution in [2.45, 2.75) is 11.7 Å². The molecule has 5 nitrogen and oxygen atoms in total. The van der Waals surface area contributed by atoms with Gasteiger partial charge < -0.3 is 10.1 Å². The molecule has 0 radical (unpaired) electrons. The highest BCUT2D eigenvalue weighted by molar-refractivity contribution is 8.02. The van der Waals surface area contributed by atoms with Crippen molar-refractivity contribution in [1.29, 1.82) is 0 Å². The average Bonchev–Trinajstić information content (AvgIpc) is 2.83. The van der Waals surface area contributed by atoms with Crippen molar-refractivity contribution < 1.29 is 22.3 Å². The number of rotatable bonds is 7. The molecule has 1 heterocycles. The summed E-state index contributed by atoms with van der Waals surface area (Å²) in [5.41, 5.74) is 0. The van der Waals surface area contributed by atoms with Crippen molar-refractivity contribution in [3.05, 3.63) is 30.1 Å². The second-order valence-electron chi connectivity index (χ2n) is 4.99. The summed E-state index contributed by atoms with van der Waals surface area (Å²) in [5.74, 6) is 0.706. The minimum Gasteiger partial charge on any atom is -0.492 e. The molecule has 1 saturated heterocycles. The molecule has 0 aromatic heterocycles. The highest BCUT2D eigenvalue weighted by atomic mass is 32.2. The summed E-state index contributed by atoms with van der Waals surface area (Å²) in [5, 5.41) is 2.72. The Hall–Kier alpha value is -1.28. The number of carbonyl (C=O) groups excluding carboxylic acids is 1. The maximum atomic E-state index is 12.7. The van der Waals surface area contributed by atoms with Crippen molar-refractivity contribution in [2.24, 2.45) is 0 Å². The third-order valence-electron chi connectivity index (χ3n) is 3.15. The fraction of sp³-hybridized carbons (Fsp3) is 0.500. The molecular weight excluding hydrogens is 329 g/mol. The third kappa shape index (κ3) is 5.84. The van der Waals surface area contributed by atoms with E-state index in [1.165, 1.54) is 36.0 Å². The summed E-state index contributed by atoms with van der Waals surface area (Å²) in [6.07, 6.45) is 0.619. The van der Waals surface area contributed by atoms with Gasteiger partial charge in [-0.1, -0.05) is 0 Å². The van der Waals surface area contributed by atoms with Crippen molar-refractivity contribution >= 4 is 27.5 Å². The Labute approximate surface area is 133 Å². The van der Waals surface area contributed by atoms with Crippen LogP contribution in [-0.2, 0) is 14.6 Å². The molecule has 1 aliphatic heterocycles. The first-order valence-corrected chi connectivity index (χ1v) is 9.79. The predicted octanol–water partition coefficient (Wildman–Crippen LogP) is 1.24. The third-order valence-corrected chi connectivity index (χ3v) is 6.43. The highest BCUT2D eigenvalue weighted by Gasteiger charge is 2.28. The summed E-state index contributed by atoms with van der Waals surface area (Å²) in [6, 6.07) is 5.65. The second kappa shape index (κ2) is 7.82. The Morgan fingerprint density at radius 3 is 2.73 bits per heavy atom. The molecule has 122 valence electrons. The number of carbonyl (C=O) groups is 1. The van der Waals surface area contributed by atoms with E-state index in [-0.39, 0.29) is 34.2 Å². The molecule has 1 fully saturated rings. The highest BCUT2D eigenvalue weighted by Crippen LogP contribution is 2.23. The zero-order valence-corrected chi connectivity index (χ0v) is 13.6. The molecule has 1 N–H and O–H groups in total. The van der Waals surface area contributed by atoms with Crippen molar-refractivity contribution in [2.75, 3.05) is 30.4 Å². The Balaban J connectivity index is 1.57. The van der Waals surface area contributed by atoms with Crippen LogP contribution in [0.2, 0.25) is 0 Å². The van der Waals surface area contributed by atoms with E-state index in [4.69, 9.17) is 4.74 Å². The van der Waals surface area contributed by atoms with Gasteiger partial charge in [0.15, 0.2) is 9.84 Å². The largest absolute Gasteiger partial charge is 0.492 e. The molecule has 2 rings (SSSR count). The first kappa shape index (κ1) is 17.1. The van der Waals surface area contributed by atoms with E-state index in [1.807, 2.05) is 0 Å². The van der Waals surface area contributed by atoms with E-state index in [0.717, 1.165) is 0 Å². The molecule has 1 aliphatic rings. The molecule has 0 aliphatic carbocycles. The lowest BCUT2D eigenvalue weighted by Crippen LogP contribution is -2.30. The van der Waals surface area contributed by atoms with Gasteiger partial charge in [-0.2, -0.15) is 0 Å². The topological polar surface area (TPSA) is 72.5 Å². The zero-order valence-electron chi connectivity index (χ0n) is 12.0. The molecule has 1 aromatic rings. The van der Waals surface area contributed by atoms with E-state index in [2.05, 4.69) is 5.32 Å². The van der Waals surface area contributed by atoms with Gasteiger partial charge in [0.05, 0.1) is 23.8 Å². The number of halogens is 1. The molecule has 0 bridgehead atoms. The lowest BCUT2D eigenvalue weighted by Gasteiger charge is -2.09. The lowest BCUT2D eigenvalue weighted by atomic mass is 10.3. The van der Waals surface area contributed by atoms with Gasteiger partial charge in [0.25, 0.3) is 0 Å². The van der Waals surface area contributed by atoms with Crippen LogP contribution < -0.4 is 10.1 Å². The van der Waals surface area contributed by atoms with Crippen LogP contribution in [0.5, 0.6) is 5.75 Å². The molecule has 0 saturated carbocycles. The molecule has 1 atom stereocenters. The number of sulfone groups is 1. The van der Waals surface area contributed by atoms with Gasteiger partial charge in [-0.25, -0.2) is 12.8 Å². The van der Waals surface area contributed by atoms with E-state index in [0.29, 0.717) is 25.3 Å². The maximum Gasteiger partial charge on any atom is 0.230 e. The van der Waals surface area contributed by atoms with Crippen molar-refractivity contribution in [3.63, 3.8) is 0 Å². The minimum absolute atomic E-state index is 0.0196. The molecule has 0 unspecified atom stereocenters. The monoisotopic (exact) mass is 347 g/mol. The SMILES string of the molecule is O=C(CS[C@@H]1CCS(=O)(=O)C1)NCCOc1ccc(F)cc1. The number of amides is 1. The first-order valence-electron chi connectivity index (χ1n) is 6.92. The van der Waals surface area contributed by atoms with Gasteiger partial charge in [-0.3, -0.25) is 4.79 Å². The number of hydrogen-bond donors (Lipinski definition) is 1. The quantitative estimate of drug-likeness (QED) is 0.752. The molecule has 22 heavy (non-hydrogen) atoms. The zero-order chi connectivity index (χ0) is 16.0. The number of nitrogens with one attached hydrogen (secondary N) is 1. The Morgan fingerprint density at radius 1 is 1.36 bits per heavy atom. The first-order chi connectivity index (χ1) is 10.4. The van der Waals surface area contributed by atoms with Gasteiger partial charge in [-0.15, -0.1) is 11.8 Å². The normalized spacial score (nSPS) is 19.8. The molecule has 8 heteroatoms. The summed E-state index contributed by atoms with van der Waals surface area (Å²) in [6.45, 7) is 0.638. The van der Waals surface area contributed by atoms with Crippen LogP contribution in [0, 0.1) is 5.82 Å². The Kier molecular flexibility index (Phi) is 6.07. The minimum atomic E-state index is -2.90. The summed E-state index contributed by atoms with van der Waals surface area (Å²) in [4.78, 5) is 11.6. The smallest absolute Gasteiger partial charge is 0.230 e. The van der Waals surface area contributed by atoms with Crippen LogP contribution in [0.1, 0.15) is 6.42 Å². The number of ether oxygens (including phenoxy) is 1. The molecule has 1 aromatic carbocycles. The van der Waals surface area contributed by atoms with Crippen LogP contribution in [0.3, 0.4) is 0 Å². The van der Waals surface area contributed by atoms with Crippen LogP contribution in [0.25, 0.3) is 0 Å².